The van der Waals surface area contributed by atoms with Gasteiger partial charge in [0.25, 0.3) is 5.69 Å². The van der Waals surface area contributed by atoms with E-state index in [1.165, 1.54) is 37.5 Å². The maximum atomic E-state index is 10.7. The first kappa shape index (κ1) is 11.7. The molecule has 1 aliphatic rings. The van der Waals surface area contributed by atoms with Crippen molar-refractivity contribution in [2.45, 2.75) is 38.1 Å². The highest BCUT2D eigenvalue weighted by Gasteiger charge is 2.16. The molecule has 1 aromatic carbocycles. The van der Waals surface area contributed by atoms with Gasteiger partial charge in [-0.05, 0) is 18.9 Å². The van der Waals surface area contributed by atoms with E-state index in [-0.39, 0.29) is 11.4 Å². The van der Waals surface area contributed by atoms with Gasteiger partial charge in [0.1, 0.15) is 5.75 Å². The fourth-order valence-corrected chi connectivity index (χ4v) is 2.22. The Kier molecular flexibility index (Phi) is 3.46. The summed E-state index contributed by atoms with van der Waals surface area (Å²) in [5.41, 5.74) is 0.465. The third-order valence-corrected chi connectivity index (χ3v) is 3.16. The number of phenols is 1. The second-order valence-electron chi connectivity index (χ2n) is 4.44. The second-order valence-corrected chi connectivity index (χ2v) is 4.44. The highest BCUT2D eigenvalue weighted by atomic mass is 16.6. The van der Waals surface area contributed by atoms with Gasteiger partial charge in [-0.15, -0.1) is 0 Å². The van der Waals surface area contributed by atoms with Crippen molar-refractivity contribution in [1.82, 2.24) is 0 Å². The second kappa shape index (κ2) is 5.03. The van der Waals surface area contributed by atoms with Gasteiger partial charge in [0.15, 0.2) is 0 Å². The number of hydrogen-bond acceptors (Lipinski definition) is 4. The molecule has 92 valence electrons. The normalized spacial score (nSPS) is 16.7. The first-order valence-electron chi connectivity index (χ1n) is 5.91. The number of benzene rings is 1. The SMILES string of the molecule is O=[N+]([O-])c1ccc(O)c(NC2CCCCC2)c1. The number of hydrogen-bond donors (Lipinski definition) is 2. The van der Waals surface area contributed by atoms with Crippen molar-refractivity contribution in [3.63, 3.8) is 0 Å². The Bertz CT molecular complexity index is 414. The van der Waals surface area contributed by atoms with Crippen LogP contribution in [0.3, 0.4) is 0 Å². The molecule has 0 unspecified atom stereocenters. The Balaban J connectivity index is 2.13. The molecule has 0 spiro atoms. The van der Waals surface area contributed by atoms with Crippen molar-refractivity contribution in [2.24, 2.45) is 0 Å². The first-order chi connectivity index (χ1) is 8.16. The van der Waals surface area contributed by atoms with Gasteiger partial charge in [0.2, 0.25) is 0 Å². The van der Waals surface area contributed by atoms with E-state index in [0.717, 1.165) is 12.8 Å². The minimum absolute atomic E-state index is 0.00103. The summed E-state index contributed by atoms with van der Waals surface area (Å²) >= 11 is 0. The van der Waals surface area contributed by atoms with Crippen LogP contribution in [0.15, 0.2) is 18.2 Å². The fourth-order valence-electron chi connectivity index (χ4n) is 2.22. The highest BCUT2D eigenvalue weighted by Crippen LogP contribution is 2.30. The van der Waals surface area contributed by atoms with Gasteiger partial charge < -0.3 is 10.4 Å². The van der Waals surface area contributed by atoms with Crippen LogP contribution in [0.1, 0.15) is 32.1 Å². The minimum Gasteiger partial charge on any atom is -0.506 e. The molecular weight excluding hydrogens is 220 g/mol. The molecule has 1 saturated carbocycles. The molecule has 0 saturated heterocycles. The lowest BCUT2D eigenvalue weighted by Crippen LogP contribution is -2.22. The van der Waals surface area contributed by atoms with Crippen molar-refractivity contribution >= 4 is 11.4 Å². The third-order valence-electron chi connectivity index (χ3n) is 3.16. The van der Waals surface area contributed by atoms with E-state index < -0.39 is 4.92 Å². The topological polar surface area (TPSA) is 75.4 Å². The molecule has 5 heteroatoms. The van der Waals surface area contributed by atoms with Crippen molar-refractivity contribution < 1.29 is 10.0 Å². The molecule has 5 nitrogen and oxygen atoms in total. The predicted octanol–water partition coefficient (Wildman–Crippen LogP) is 3.05. The molecule has 0 radical (unpaired) electrons. The van der Waals surface area contributed by atoms with E-state index in [2.05, 4.69) is 5.32 Å². The molecule has 0 aromatic heterocycles. The Morgan fingerprint density at radius 2 is 2.00 bits per heavy atom. The van der Waals surface area contributed by atoms with Crippen LogP contribution in [0.5, 0.6) is 5.75 Å². The van der Waals surface area contributed by atoms with Gasteiger partial charge in [-0.3, -0.25) is 10.1 Å². The number of aromatic hydroxyl groups is 1. The van der Waals surface area contributed by atoms with Crippen LogP contribution >= 0.6 is 0 Å². The van der Waals surface area contributed by atoms with Gasteiger partial charge in [0, 0.05) is 18.2 Å². The lowest BCUT2D eigenvalue weighted by molar-refractivity contribution is -0.384. The number of rotatable bonds is 3. The van der Waals surface area contributed by atoms with E-state index in [0.29, 0.717) is 11.7 Å². The van der Waals surface area contributed by atoms with Crippen molar-refractivity contribution in [1.29, 1.82) is 0 Å². The number of nitro groups is 1. The predicted molar refractivity (Wildman–Crippen MR) is 65.3 cm³/mol. The van der Waals surface area contributed by atoms with Crippen LogP contribution in [0, 0.1) is 10.1 Å². The summed E-state index contributed by atoms with van der Waals surface area (Å²) in [5.74, 6) is 0.0705. The summed E-state index contributed by atoms with van der Waals surface area (Å²) < 4.78 is 0. The average Bonchev–Trinajstić information content (AvgIpc) is 2.33. The van der Waals surface area contributed by atoms with Crippen LogP contribution in [-0.4, -0.2) is 16.1 Å². The van der Waals surface area contributed by atoms with Crippen molar-refractivity contribution in [3.05, 3.63) is 28.3 Å². The molecule has 0 amide bonds. The van der Waals surface area contributed by atoms with E-state index in [1.807, 2.05) is 0 Å². The molecule has 2 rings (SSSR count). The standard InChI is InChI=1S/C12H16N2O3/c15-12-7-6-10(14(16)17)8-11(12)13-9-4-2-1-3-5-9/h6-9,13,15H,1-5H2. The zero-order chi connectivity index (χ0) is 12.3. The van der Waals surface area contributed by atoms with Gasteiger partial charge in [-0.2, -0.15) is 0 Å². The number of nitro benzene ring substituents is 1. The Hall–Kier alpha value is -1.78. The van der Waals surface area contributed by atoms with Crippen molar-refractivity contribution in [3.8, 4) is 5.75 Å². The summed E-state index contributed by atoms with van der Waals surface area (Å²) in [6.07, 6.45) is 5.71. The maximum Gasteiger partial charge on any atom is 0.271 e. The van der Waals surface area contributed by atoms with Crippen LogP contribution in [0.2, 0.25) is 0 Å². The zero-order valence-corrected chi connectivity index (χ0v) is 9.56. The summed E-state index contributed by atoms with van der Waals surface area (Å²) in [6.45, 7) is 0. The quantitative estimate of drug-likeness (QED) is 0.480. The zero-order valence-electron chi connectivity index (χ0n) is 9.56. The van der Waals surface area contributed by atoms with Crippen LogP contribution in [0.25, 0.3) is 0 Å². The smallest absolute Gasteiger partial charge is 0.271 e. The molecule has 2 N–H and O–H groups in total. The molecule has 0 bridgehead atoms. The summed E-state index contributed by atoms with van der Waals surface area (Å²) in [4.78, 5) is 10.2. The Morgan fingerprint density at radius 3 is 2.65 bits per heavy atom. The molecule has 0 aliphatic heterocycles. The van der Waals surface area contributed by atoms with E-state index >= 15 is 0 Å². The molecule has 17 heavy (non-hydrogen) atoms. The fraction of sp³-hybridized carbons (Fsp3) is 0.500. The van der Waals surface area contributed by atoms with Crippen LogP contribution in [-0.2, 0) is 0 Å². The Morgan fingerprint density at radius 1 is 1.29 bits per heavy atom. The molecule has 1 fully saturated rings. The van der Waals surface area contributed by atoms with Gasteiger partial charge in [-0.25, -0.2) is 0 Å². The number of nitrogens with one attached hydrogen (secondary N) is 1. The van der Waals surface area contributed by atoms with Gasteiger partial charge in [0.05, 0.1) is 10.6 Å². The summed E-state index contributed by atoms with van der Waals surface area (Å²) in [5, 5.41) is 23.5. The highest BCUT2D eigenvalue weighted by molar-refractivity contribution is 5.61. The molecule has 1 aliphatic carbocycles. The molecular formula is C12H16N2O3. The van der Waals surface area contributed by atoms with Crippen LogP contribution < -0.4 is 5.32 Å². The first-order valence-corrected chi connectivity index (χ1v) is 5.91. The van der Waals surface area contributed by atoms with E-state index in [4.69, 9.17) is 0 Å². The summed E-state index contributed by atoms with van der Waals surface area (Å²) in [6, 6.07) is 4.38. The largest absolute Gasteiger partial charge is 0.506 e. The molecule has 0 heterocycles. The van der Waals surface area contributed by atoms with E-state index in [9.17, 15) is 15.2 Å². The lowest BCUT2D eigenvalue weighted by Gasteiger charge is -2.24. The van der Waals surface area contributed by atoms with Gasteiger partial charge >= 0.3 is 0 Å². The third kappa shape index (κ3) is 2.87. The number of anilines is 1. The minimum atomic E-state index is -0.453. The maximum absolute atomic E-state index is 10.7. The summed E-state index contributed by atoms with van der Waals surface area (Å²) in [7, 11) is 0. The van der Waals surface area contributed by atoms with E-state index in [1.54, 1.807) is 0 Å². The monoisotopic (exact) mass is 236 g/mol. The van der Waals surface area contributed by atoms with Crippen molar-refractivity contribution in [2.75, 3.05) is 5.32 Å². The number of nitrogens with zero attached hydrogens (tertiary/aromatic N) is 1. The number of phenolic OH excluding ortho intramolecular Hbond substituents is 1. The lowest BCUT2D eigenvalue weighted by atomic mass is 9.95. The molecule has 0 atom stereocenters. The van der Waals surface area contributed by atoms with Gasteiger partial charge in [-0.1, -0.05) is 19.3 Å². The average molecular weight is 236 g/mol. The molecule has 1 aromatic rings. The number of non-ortho nitro benzene ring substituents is 1. The van der Waals surface area contributed by atoms with Crippen LogP contribution in [0.4, 0.5) is 11.4 Å². The Labute approximate surface area is 99.6 Å².